The first kappa shape index (κ1) is 12.1. The van der Waals surface area contributed by atoms with Crippen LogP contribution in [-0.2, 0) is 9.53 Å². The zero-order chi connectivity index (χ0) is 12.3. The van der Waals surface area contributed by atoms with Crippen LogP contribution < -0.4 is 5.73 Å². The fourth-order valence-electron chi connectivity index (χ4n) is 1.35. The standard InChI is InChI=1S/C10H13NO5/c1-16-9(15)4-6(11)10-7(13)2-5(12)3-8(10)14/h2-3,6,12-14H,4,11H2,1H3/t6-/m0/s1. The third-order valence-electron chi connectivity index (χ3n) is 2.11. The Hall–Kier alpha value is -1.95. The number of hydrogen-bond acceptors (Lipinski definition) is 6. The molecule has 1 atom stereocenters. The van der Waals surface area contributed by atoms with Crippen molar-refractivity contribution in [2.45, 2.75) is 12.5 Å². The first-order valence-electron chi connectivity index (χ1n) is 4.53. The number of carbonyl (C=O) groups excluding carboxylic acids is 1. The number of methoxy groups -OCH3 is 1. The van der Waals surface area contributed by atoms with Crippen molar-refractivity contribution in [1.82, 2.24) is 0 Å². The topological polar surface area (TPSA) is 113 Å². The van der Waals surface area contributed by atoms with Gasteiger partial charge in [-0.05, 0) is 0 Å². The van der Waals surface area contributed by atoms with E-state index in [2.05, 4.69) is 4.74 Å². The zero-order valence-corrected chi connectivity index (χ0v) is 8.67. The molecular formula is C10H13NO5. The average molecular weight is 227 g/mol. The number of esters is 1. The number of benzene rings is 1. The fourth-order valence-corrected chi connectivity index (χ4v) is 1.35. The van der Waals surface area contributed by atoms with E-state index < -0.39 is 12.0 Å². The van der Waals surface area contributed by atoms with Gasteiger partial charge in [0.1, 0.15) is 17.2 Å². The van der Waals surface area contributed by atoms with Crippen LogP contribution in [0, 0.1) is 0 Å². The van der Waals surface area contributed by atoms with Gasteiger partial charge in [-0.1, -0.05) is 0 Å². The van der Waals surface area contributed by atoms with Crippen molar-refractivity contribution in [2.24, 2.45) is 5.73 Å². The number of ether oxygens (including phenoxy) is 1. The molecule has 1 aromatic rings. The number of carbonyl (C=O) groups is 1. The van der Waals surface area contributed by atoms with Gasteiger partial charge in [0.15, 0.2) is 0 Å². The predicted molar refractivity (Wildman–Crippen MR) is 55.0 cm³/mol. The normalized spacial score (nSPS) is 12.1. The molecule has 1 rings (SSSR count). The first-order valence-corrected chi connectivity index (χ1v) is 4.53. The molecule has 0 radical (unpaired) electrons. The number of hydrogen-bond donors (Lipinski definition) is 4. The Morgan fingerprint density at radius 3 is 2.31 bits per heavy atom. The molecule has 0 amide bonds. The van der Waals surface area contributed by atoms with E-state index in [1.54, 1.807) is 0 Å². The largest absolute Gasteiger partial charge is 0.508 e. The Morgan fingerprint density at radius 2 is 1.88 bits per heavy atom. The van der Waals surface area contributed by atoms with Gasteiger partial charge in [-0.15, -0.1) is 0 Å². The van der Waals surface area contributed by atoms with E-state index in [4.69, 9.17) is 10.8 Å². The summed E-state index contributed by atoms with van der Waals surface area (Å²) in [4.78, 5) is 11.0. The van der Waals surface area contributed by atoms with Crippen LogP contribution in [0.1, 0.15) is 18.0 Å². The summed E-state index contributed by atoms with van der Waals surface area (Å²) in [7, 11) is 1.21. The molecule has 0 aliphatic rings. The highest BCUT2D eigenvalue weighted by molar-refractivity contribution is 5.71. The highest BCUT2D eigenvalue weighted by Gasteiger charge is 2.20. The second-order valence-electron chi connectivity index (χ2n) is 3.28. The van der Waals surface area contributed by atoms with E-state index in [1.807, 2.05) is 0 Å². The number of aromatic hydroxyl groups is 3. The van der Waals surface area contributed by atoms with Crippen LogP contribution in [0.4, 0.5) is 0 Å². The third-order valence-corrected chi connectivity index (χ3v) is 2.11. The minimum absolute atomic E-state index is 0.00296. The van der Waals surface area contributed by atoms with Gasteiger partial charge in [0.2, 0.25) is 0 Å². The van der Waals surface area contributed by atoms with Gasteiger partial charge in [0.25, 0.3) is 0 Å². The molecule has 0 fully saturated rings. The molecule has 88 valence electrons. The molecular weight excluding hydrogens is 214 g/mol. The van der Waals surface area contributed by atoms with Crippen LogP contribution in [0.2, 0.25) is 0 Å². The van der Waals surface area contributed by atoms with Crippen molar-refractivity contribution in [3.05, 3.63) is 17.7 Å². The van der Waals surface area contributed by atoms with Crippen LogP contribution in [0.3, 0.4) is 0 Å². The number of rotatable bonds is 3. The maximum atomic E-state index is 11.0. The molecule has 5 N–H and O–H groups in total. The van der Waals surface area contributed by atoms with Crippen LogP contribution in [-0.4, -0.2) is 28.4 Å². The summed E-state index contributed by atoms with van der Waals surface area (Å²) in [6.07, 6.45) is -0.178. The van der Waals surface area contributed by atoms with E-state index in [-0.39, 0.29) is 29.2 Å². The van der Waals surface area contributed by atoms with Gasteiger partial charge in [-0.2, -0.15) is 0 Å². The van der Waals surface area contributed by atoms with E-state index in [0.29, 0.717) is 0 Å². The highest BCUT2D eigenvalue weighted by atomic mass is 16.5. The minimum Gasteiger partial charge on any atom is -0.508 e. The van der Waals surface area contributed by atoms with E-state index in [0.717, 1.165) is 12.1 Å². The highest BCUT2D eigenvalue weighted by Crippen LogP contribution is 2.36. The summed E-state index contributed by atoms with van der Waals surface area (Å²) < 4.78 is 4.41. The van der Waals surface area contributed by atoms with Gasteiger partial charge in [0, 0.05) is 18.2 Å². The second-order valence-corrected chi connectivity index (χ2v) is 3.28. The zero-order valence-electron chi connectivity index (χ0n) is 8.67. The summed E-state index contributed by atoms with van der Waals surface area (Å²) in [6.45, 7) is 0. The van der Waals surface area contributed by atoms with Crippen molar-refractivity contribution >= 4 is 5.97 Å². The summed E-state index contributed by atoms with van der Waals surface area (Å²) >= 11 is 0. The van der Waals surface area contributed by atoms with Crippen LogP contribution in [0.25, 0.3) is 0 Å². The molecule has 0 saturated heterocycles. The predicted octanol–water partition coefficient (Wildman–Crippen LogP) is 0.366. The lowest BCUT2D eigenvalue weighted by atomic mass is 10.0. The van der Waals surface area contributed by atoms with Crippen molar-refractivity contribution < 1.29 is 24.9 Å². The van der Waals surface area contributed by atoms with Gasteiger partial charge in [0.05, 0.1) is 19.1 Å². The summed E-state index contributed by atoms with van der Waals surface area (Å²) in [5, 5.41) is 28.0. The summed E-state index contributed by atoms with van der Waals surface area (Å²) in [6, 6.07) is 1.17. The molecule has 16 heavy (non-hydrogen) atoms. The maximum Gasteiger partial charge on any atom is 0.307 e. The summed E-state index contributed by atoms with van der Waals surface area (Å²) in [5.41, 5.74) is 5.62. The Balaban J connectivity index is 2.99. The number of phenolic OH excluding ortho intramolecular Hbond substituents is 3. The fraction of sp³-hybridized carbons (Fsp3) is 0.300. The van der Waals surface area contributed by atoms with Gasteiger partial charge in [-0.25, -0.2) is 0 Å². The Morgan fingerprint density at radius 1 is 1.38 bits per heavy atom. The quantitative estimate of drug-likeness (QED) is 0.555. The molecule has 0 aliphatic heterocycles. The molecule has 0 unspecified atom stereocenters. The second kappa shape index (κ2) is 4.71. The lowest BCUT2D eigenvalue weighted by Crippen LogP contribution is -2.16. The molecule has 0 aromatic heterocycles. The van der Waals surface area contributed by atoms with Gasteiger partial charge in [-0.3, -0.25) is 4.79 Å². The van der Waals surface area contributed by atoms with E-state index >= 15 is 0 Å². The average Bonchev–Trinajstić information content (AvgIpc) is 2.15. The lowest BCUT2D eigenvalue weighted by molar-refractivity contribution is -0.141. The van der Waals surface area contributed by atoms with E-state index in [1.165, 1.54) is 7.11 Å². The van der Waals surface area contributed by atoms with Crippen LogP contribution in [0.5, 0.6) is 17.2 Å². The maximum absolute atomic E-state index is 11.0. The molecule has 0 aliphatic carbocycles. The van der Waals surface area contributed by atoms with Crippen molar-refractivity contribution in [3.63, 3.8) is 0 Å². The monoisotopic (exact) mass is 227 g/mol. The van der Waals surface area contributed by atoms with Gasteiger partial charge >= 0.3 is 5.97 Å². The summed E-state index contributed by atoms with van der Waals surface area (Å²) in [5.74, 6) is -1.58. The molecule has 0 spiro atoms. The molecule has 6 nitrogen and oxygen atoms in total. The first-order chi connectivity index (χ1) is 7.45. The van der Waals surface area contributed by atoms with Crippen molar-refractivity contribution in [2.75, 3.05) is 7.11 Å². The van der Waals surface area contributed by atoms with E-state index in [9.17, 15) is 15.0 Å². The molecule has 6 heteroatoms. The molecule has 0 saturated carbocycles. The third kappa shape index (κ3) is 2.54. The van der Waals surface area contributed by atoms with Gasteiger partial charge < -0.3 is 25.8 Å². The Kier molecular flexibility index (Phi) is 3.57. The molecule has 0 heterocycles. The Labute approximate surface area is 91.9 Å². The number of nitrogens with two attached hydrogens (primary N) is 1. The van der Waals surface area contributed by atoms with Crippen molar-refractivity contribution in [3.8, 4) is 17.2 Å². The van der Waals surface area contributed by atoms with Crippen LogP contribution >= 0.6 is 0 Å². The van der Waals surface area contributed by atoms with Crippen molar-refractivity contribution in [1.29, 1.82) is 0 Å². The van der Waals surface area contributed by atoms with Crippen LogP contribution in [0.15, 0.2) is 12.1 Å². The molecule has 1 aromatic carbocycles. The SMILES string of the molecule is COC(=O)C[C@H](N)c1c(O)cc(O)cc1O. The Bertz CT molecular complexity index is 381. The number of phenols is 3. The lowest BCUT2D eigenvalue weighted by Gasteiger charge is -2.14. The molecule has 0 bridgehead atoms. The smallest absolute Gasteiger partial charge is 0.307 e. The minimum atomic E-state index is -0.895.